The molecule has 0 atom stereocenters. The lowest BCUT2D eigenvalue weighted by atomic mass is 10.2. The van der Waals surface area contributed by atoms with Crippen molar-refractivity contribution in [2.24, 2.45) is 5.73 Å². The fraction of sp³-hybridized carbons (Fsp3) is 0.467. The van der Waals surface area contributed by atoms with Crippen LogP contribution in [0.15, 0.2) is 29.2 Å². The average Bonchev–Trinajstić information content (AvgIpc) is 2.45. The van der Waals surface area contributed by atoms with Crippen molar-refractivity contribution < 1.29 is 8.42 Å². The molecule has 1 rings (SSSR count). The number of hydrogen-bond acceptors (Lipinski definition) is 3. The summed E-state index contributed by atoms with van der Waals surface area (Å²) in [5.74, 6) is 5.59. The molecular formula is C15H22N2O2S. The van der Waals surface area contributed by atoms with E-state index in [4.69, 9.17) is 5.73 Å². The van der Waals surface area contributed by atoms with Crippen molar-refractivity contribution in [2.75, 3.05) is 19.6 Å². The van der Waals surface area contributed by atoms with Crippen molar-refractivity contribution in [3.8, 4) is 11.8 Å². The first kappa shape index (κ1) is 16.7. The second kappa shape index (κ2) is 8.05. The maximum absolute atomic E-state index is 12.6. The monoisotopic (exact) mass is 294 g/mol. The molecule has 0 saturated heterocycles. The maximum atomic E-state index is 12.6. The molecule has 0 saturated carbocycles. The first-order valence-corrected chi connectivity index (χ1v) is 8.29. The smallest absolute Gasteiger partial charge is 0.243 e. The predicted molar refractivity (Wildman–Crippen MR) is 81.7 cm³/mol. The Morgan fingerprint density at radius 2 is 1.85 bits per heavy atom. The van der Waals surface area contributed by atoms with E-state index in [-0.39, 0.29) is 6.54 Å². The minimum absolute atomic E-state index is 0.259. The van der Waals surface area contributed by atoms with Crippen molar-refractivity contribution in [3.63, 3.8) is 0 Å². The lowest BCUT2D eigenvalue weighted by Gasteiger charge is -2.21. The van der Waals surface area contributed by atoms with Gasteiger partial charge in [0.15, 0.2) is 0 Å². The molecule has 110 valence electrons. The number of nitrogens with zero attached hydrogens (tertiary/aromatic N) is 1. The first-order chi connectivity index (χ1) is 9.56. The van der Waals surface area contributed by atoms with Crippen molar-refractivity contribution >= 4 is 10.0 Å². The summed E-state index contributed by atoms with van der Waals surface area (Å²) in [6, 6.07) is 6.72. The number of hydrogen-bond donors (Lipinski definition) is 1. The van der Waals surface area contributed by atoms with Gasteiger partial charge in [-0.3, -0.25) is 0 Å². The minimum atomic E-state index is -3.44. The van der Waals surface area contributed by atoms with E-state index >= 15 is 0 Å². The molecule has 5 heteroatoms. The van der Waals surface area contributed by atoms with E-state index in [1.807, 2.05) is 13.8 Å². The molecule has 0 aromatic heterocycles. The van der Waals surface area contributed by atoms with Gasteiger partial charge in [-0.05, 0) is 31.0 Å². The third kappa shape index (κ3) is 4.34. The van der Waals surface area contributed by atoms with Crippen molar-refractivity contribution in [1.29, 1.82) is 0 Å². The van der Waals surface area contributed by atoms with Gasteiger partial charge in [0, 0.05) is 18.7 Å². The zero-order chi connectivity index (χ0) is 15.0. The topological polar surface area (TPSA) is 63.4 Å². The van der Waals surface area contributed by atoms with Gasteiger partial charge in [0.05, 0.1) is 11.4 Å². The number of benzene rings is 1. The third-order valence-corrected chi connectivity index (χ3v) is 4.65. The van der Waals surface area contributed by atoms with Crippen LogP contribution >= 0.6 is 0 Å². The Balaban J connectivity index is 3.13. The van der Waals surface area contributed by atoms with Gasteiger partial charge in [-0.1, -0.05) is 31.8 Å². The van der Waals surface area contributed by atoms with Crippen LogP contribution in [0, 0.1) is 11.8 Å². The molecule has 0 radical (unpaired) electrons. The Hall–Kier alpha value is -1.35. The van der Waals surface area contributed by atoms with Crippen molar-refractivity contribution in [3.05, 3.63) is 29.8 Å². The molecule has 0 aliphatic heterocycles. The van der Waals surface area contributed by atoms with Gasteiger partial charge >= 0.3 is 0 Å². The molecule has 20 heavy (non-hydrogen) atoms. The van der Waals surface area contributed by atoms with Crippen LogP contribution in [0.3, 0.4) is 0 Å². The molecule has 0 unspecified atom stereocenters. The molecule has 4 nitrogen and oxygen atoms in total. The molecule has 0 aliphatic rings. The molecule has 0 heterocycles. The molecule has 2 N–H and O–H groups in total. The summed E-state index contributed by atoms with van der Waals surface area (Å²) >= 11 is 0. The fourth-order valence-corrected chi connectivity index (χ4v) is 3.56. The molecule has 1 aromatic rings. The summed E-state index contributed by atoms with van der Waals surface area (Å²) in [7, 11) is -3.44. The van der Waals surface area contributed by atoms with Crippen LogP contribution in [0.25, 0.3) is 0 Å². The van der Waals surface area contributed by atoms with Gasteiger partial charge in [-0.15, -0.1) is 0 Å². The zero-order valence-corrected chi connectivity index (χ0v) is 12.9. The lowest BCUT2D eigenvalue weighted by molar-refractivity contribution is 0.410. The van der Waals surface area contributed by atoms with Gasteiger partial charge < -0.3 is 5.73 Å². The summed E-state index contributed by atoms with van der Waals surface area (Å²) in [5.41, 5.74) is 6.00. The quantitative estimate of drug-likeness (QED) is 0.814. The normalized spacial score (nSPS) is 11.2. The van der Waals surface area contributed by atoms with Crippen LogP contribution in [0.4, 0.5) is 0 Å². The highest BCUT2D eigenvalue weighted by Crippen LogP contribution is 2.17. The fourth-order valence-electron chi connectivity index (χ4n) is 1.89. The summed E-state index contributed by atoms with van der Waals surface area (Å²) in [6.45, 7) is 5.28. The molecule has 0 bridgehead atoms. The van der Waals surface area contributed by atoms with Crippen LogP contribution in [0.1, 0.15) is 32.3 Å². The van der Waals surface area contributed by atoms with E-state index in [0.717, 1.165) is 12.8 Å². The summed E-state index contributed by atoms with van der Waals surface area (Å²) in [5, 5.41) is 0. The van der Waals surface area contributed by atoms with Gasteiger partial charge in [-0.25, -0.2) is 8.42 Å². The minimum Gasteiger partial charge on any atom is -0.320 e. The van der Waals surface area contributed by atoms with Gasteiger partial charge in [0.1, 0.15) is 0 Å². The highest BCUT2D eigenvalue weighted by molar-refractivity contribution is 7.89. The Kier molecular flexibility index (Phi) is 6.73. The summed E-state index contributed by atoms with van der Waals surface area (Å²) < 4.78 is 26.7. The number of rotatable bonds is 6. The Bertz CT molecular complexity index is 579. The van der Waals surface area contributed by atoms with Gasteiger partial charge in [-0.2, -0.15) is 4.31 Å². The van der Waals surface area contributed by atoms with Crippen LogP contribution in [0.2, 0.25) is 0 Å². The third-order valence-electron chi connectivity index (χ3n) is 2.75. The molecular weight excluding hydrogens is 272 g/mol. The molecule has 0 spiro atoms. The standard InChI is InChI=1S/C15H22N2O2S/c1-3-11-17(12-4-2)20(18,19)15-9-5-7-14(13-15)8-6-10-16/h5,7,9,13H,3-4,10-12,16H2,1-2H3. The largest absolute Gasteiger partial charge is 0.320 e. The second-order valence-electron chi connectivity index (χ2n) is 4.44. The van der Waals surface area contributed by atoms with E-state index in [1.165, 1.54) is 4.31 Å². The summed E-state index contributed by atoms with van der Waals surface area (Å²) in [4.78, 5) is 0.295. The van der Waals surface area contributed by atoms with Crippen molar-refractivity contribution in [1.82, 2.24) is 4.31 Å². The Labute approximate surface area is 122 Å². The van der Waals surface area contributed by atoms with E-state index in [9.17, 15) is 8.42 Å². The number of nitrogens with two attached hydrogens (primary N) is 1. The second-order valence-corrected chi connectivity index (χ2v) is 6.38. The van der Waals surface area contributed by atoms with Crippen LogP contribution in [-0.4, -0.2) is 32.4 Å². The lowest BCUT2D eigenvalue weighted by Crippen LogP contribution is -2.32. The molecule has 0 amide bonds. The highest BCUT2D eigenvalue weighted by Gasteiger charge is 2.22. The van der Waals surface area contributed by atoms with Crippen molar-refractivity contribution in [2.45, 2.75) is 31.6 Å². The predicted octanol–water partition coefficient (Wildman–Crippen LogP) is 1.81. The van der Waals surface area contributed by atoms with Gasteiger partial charge in [0.25, 0.3) is 0 Å². The van der Waals surface area contributed by atoms with Crippen LogP contribution in [0.5, 0.6) is 0 Å². The highest BCUT2D eigenvalue weighted by atomic mass is 32.2. The SMILES string of the molecule is CCCN(CCC)S(=O)(=O)c1cccc(C#CCN)c1. The van der Waals surface area contributed by atoms with E-state index < -0.39 is 10.0 Å². The van der Waals surface area contributed by atoms with Gasteiger partial charge in [0.2, 0.25) is 10.0 Å². The first-order valence-electron chi connectivity index (χ1n) is 6.85. The molecule has 0 aliphatic carbocycles. The van der Waals surface area contributed by atoms with E-state index in [1.54, 1.807) is 24.3 Å². The van der Waals surface area contributed by atoms with E-state index in [2.05, 4.69) is 11.8 Å². The molecule has 0 fully saturated rings. The molecule has 1 aromatic carbocycles. The zero-order valence-electron chi connectivity index (χ0n) is 12.1. The van der Waals surface area contributed by atoms with E-state index in [0.29, 0.717) is 23.5 Å². The average molecular weight is 294 g/mol. The summed E-state index contributed by atoms with van der Waals surface area (Å²) in [6.07, 6.45) is 1.60. The van der Waals surface area contributed by atoms with Crippen LogP contribution in [-0.2, 0) is 10.0 Å². The van der Waals surface area contributed by atoms with Crippen LogP contribution < -0.4 is 5.73 Å². The maximum Gasteiger partial charge on any atom is 0.243 e. The Morgan fingerprint density at radius 1 is 1.20 bits per heavy atom. The number of sulfonamides is 1. The Morgan fingerprint density at radius 3 is 2.40 bits per heavy atom.